The fraction of sp³-hybridized carbons (Fsp3) is 0.462. The summed E-state index contributed by atoms with van der Waals surface area (Å²) < 4.78 is 38.9. The molecule has 0 fully saturated rings. The van der Waals surface area contributed by atoms with Crippen LogP contribution in [0.15, 0.2) is 12.1 Å². The number of rotatable bonds is 6. The largest absolute Gasteiger partial charge is 0.324 e. The molecule has 0 saturated carbocycles. The summed E-state index contributed by atoms with van der Waals surface area (Å²) in [7, 11) is 0. The van der Waals surface area contributed by atoms with Crippen molar-refractivity contribution < 1.29 is 18.0 Å². The molecule has 19 heavy (non-hydrogen) atoms. The van der Waals surface area contributed by atoms with Gasteiger partial charge in [-0.1, -0.05) is 13.8 Å². The smallest absolute Gasteiger partial charge is 0.224 e. The lowest BCUT2D eigenvalue weighted by molar-refractivity contribution is -0.116. The van der Waals surface area contributed by atoms with Crippen LogP contribution < -0.4 is 10.6 Å². The van der Waals surface area contributed by atoms with Crippen LogP contribution in [0.1, 0.15) is 26.7 Å². The van der Waals surface area contributed by atoms with E-state index in [0.29, 0.717) is 19.0 Å². The van der Waals surface area contributed by atoms with Gasteiger partial charge in [0.1, 0.15) is 0 Å². The number of carbonyl (C=O) groups excluding carboxylic acids is 1. The second-order valence-electron chi connectivity index (χ2n) is 4.48. The molecule has 0 aliphatic rings. The van der Waals surface area contributed by atoms with E-state index < -0.39 is 23.4 Å². The molecule has 3 nitrogen and oxygen atoms in total. The highest BCUT2D eigenvalue weighted by Crippen LogP contribution is 2.19. The second kappa shape index (κ2) is 7.13. The molecule has 1 aromatic rings. The summed E-state index contributed by atoms with van der Waals surface area (Å²) in [6, 6.07) is 2.10. The number of hydrogen-bond acceptors (Lipinski definition) is 2. The fourth-order valence-electron chi connectivity index (χ4n) is 1.47. The maximum absolute atomic E-state index is 13.3. The SMILES string of the molecule is CC(C)NCCCC(=O)Nc1ccc(F)c(F)c1F. The highest BCUT2D eigenvalue weighted by atomic mass is 19.2. The molecule has 6 heteroatoms. The summed E-state index contributed by atoms with van der Waals surface area (Å²) in [6.07, 6.45) is 0.757. The van der Waals surface area contributed by atoms with Crippen molar-refractivity contribution in [2.75, 3.05) is 11.9 Å². The Morgan fingerprint density at radius 3 is 2.53 bits per heavy atom. The van der Waals surface area contributed by atoms with Crippen LogP contribution in [0.3, 0.4) is 0 Å². The van der Waals surface area contributed by atoms with Crippen molar-refractivity contribution in [3.8, 4) is 0 Å². The lowest BCUT2D eigenvalue weighted by Crippen LogP contribution is -2.24. The third kappa shape index (κ3) is 4.90. The first-order valence-corrected chi connectivity index (χ1v) is 6.08. The van der Waals surface area contributed by atoms with E-state index in [1.54, 1.807) is 0 Å². The number of halogens is 3. The second-order valence-corrected chi connectivity index (χ2v) is 4.48. The van der Waals surface area contributed by atoms with Crippen LogP contribution in [0.4, 0.5) is 18.9 Å². The average molecular weight is 274 g/mol. The Morgan fingerprint density at radius 1 is 1.21 bits per heavy atom. The third-order valence-corrected chi connectivity index (χ3v) is 2.44. The van der Waals surface area contributed by atoms with E-state index >= 15 is 0 Å². The molecule has 0 unspecified atom stereocenters. The summed E-state index contributed by atoms with van der Waals surface area (Å²) in [5.74, 6) is -4.68. The minimum Gasteiger partial charge on any atom is -0.324 e. The minimum absolute atomic E-state index is 0.179. The van der Waals surface area contributed by atoms with Gasteiger partial charge in [0, 0.05) is 12.5 Å². The van der Waals surface area contributed by atoms with E-state index in [1.165, 1.54) is 0 Å². The molecule has 1 amide bonds. The summed E-state index contributed by atoms with van der Waals surface area (Å²) in [6.45, 7) is 4.62. The average Bonchev–Trinajstić information content (AvgIpc) is 2.35. The van der Waals surface area contributed by atoms with Gasteiger partial charge in [0.25, 0.3) is 0 Å². The molecule has 0 saturated heterocycles. The van der Waals surface area contributed by atoms with E-state index in [9.17, 15) is 18.0 Å². The van der Waals surface area contributed by atoms with E-state index in [0.717, 1.165) is 12.1 Å². The van der Waals surface area contributed by atoms with Crippen molar-refractivity contribution in [1.82, 2.24) is 5.32 Å². The normalized spacial score (nSPS) is 10.8. The first kappa shape index (κ1) is 15.5. The highest BCUT2D eigenvalue weighted by Gasteiger charge is 2.14. The van der Waals surface area contributed by atoms with Crippen LogP contribution in [0, 0.1) is 17.5 Å². The molecular formula is C13H17F3N2O. The Balaban J connectivity index is 2.47. The monoisotopic (exact) mass is 274 g/mol. The standard InChI is InChI=1S/C13H17F3N2O/c1-8(2)17-7-3-4-11(19)18-10-6-5-9(14)12(15)13(10)16/h5-6,8,17H,3-4,7H2,1-2H3,(H,18,19). The molecule has 1 rings (SSSR count). The minimum atomic E-state index is -1.58. The molecular weight excluding hydrogens is 257 g/mol. The van der Waals surface area contributed by atoms with Gasteiger partial charge < -0.3 is 10.6 Å². The Bertz CT molecular complexity index is 450. The first-order chi connectivity index (χ1) is 8.91. The van der Waals surface area contributed by atoms with Crippen LogP contribution >= 0.6 is 0 Å². The molecule has 106 valence electrons. The number of amides is 1. The molecule has 0 radical (unpaired) electrons. The van der Waals surface area contributed by atoms with Gasteiger partial charge in [-0.2, -0.15) is 0 Å². The van der Waals surface area contributed by atoms with E-state index in [4.69, 9.17) is 0 Å². The Labute approximate surface area is 110 Å². The predicted molar refractivity (Wildman–Crippen MR) is 67.3 cm³/mol. The number of carbonyl (C=O) groups is 1. The zero-order valence-corrected chi connectivity index (χ0v) is 10.9. The number of anilines is 1. The summed E-state index contributed by atoms with van der Waals surface area (Å²) in [5.41, 5.74) is -0.347. The van der Waals surface area contributed by atoms with Gasteiger partial charge in [0.05, 0.1) is 5.69 Å². The van der Waals surface area contributed by atoms with Crippen LogP contribution in [0.2, 0.25) is 0 Å². The summed E-state index contributed by atoms with van der Waals surface area (Å²) >= 11 is 0. The van der Waals surface area contributed by atoms with Crippen molar-refractivity contribution in [2.24, 2.45) is 0 Å². The molecule has 1 aromatic carbocycles. The molecule has 0 spiro atoms. The number of nitrogens with one attached hydrogen (secondary N) is 2. The first-order valence-electron chi connectivity index (χ1n) is 6.08. The predicted octanol–water partition coefficient (Wildman–Crippen LogP) is 2.82. The molecule has 0 aliphatic carbocycles. The van der Waals surface area contributed by atoms with Crippen molar-refractivity contribution in [3.63, 3.8) is 0 Å². The Kier molecular flexibility index (Phi) is 5.82. The van der Waals surface area contributed by atoms with Crippen LogP contribution in [0.25, 0.3) is 0 Å². The maximum atomic E-state index is 13.3. The Hall–Kier alpha value is -1.56. The highest BCUT2D eigenvalue weighted by molar-refractivity contribution is 5.90. The van der Waals surface area contributed by atoms with Gasteiger partial charge >= 0.3 is 0 Å². The van der Waals surface area contributed by atoms with E-state index in [-0.39, 0.29) is 12.1 Å². The molecule has 0 bridgehead atoms. The third-order valence-electron chi connectivity index (χ3n) is 2.44. The van der Waals surface area contributed by atoms with Gasteiger partial charge in [-0.05, 0) is 25.1 Å². The zero-order valence-electron chi connectivity index (χ0n) is 10.9. The summed E-state index contributed by atoms with van der Waals surface area (Å²) in [5, 5.41) is 5.35. The topological polar surface area (TPSA) is 41.1 Å². The van der Waals surface area contributed by atoms with Gasteiger partial charge in [0.2, 0.25) is 5.91 Å². The maximum Gasteiger partial charge on any atom is 0.224 e. The van der Waals surface area contributed by atoms with Crippen molar-refractivity contribution in [3.05, 3.63) is 29.6 Å². The fourth-order valence-corrected chi connectivity index (χ4v) is 1.47. The molecule has 2 N–H and O–H groups in total. The van der Waals surface area contributed by atoms with Gasteiger partial charge in [-0.3, -0.25) is 4.79 Å². The van der Waals surface area contributed by atoms with Crippen LogP contribution in [-0.4, -0.2) is 18.5 Å². The molecule has 0 aliphatic heterocycles. The van der Waals surface area contributed by atoms with Crippen LogP contribution in [0.5, 0.6) is 0 Å². The molecule has 0 atom stereocenters. The number of benzene rings is 1. The molecule has 0 heterocycles. The van der Waals surface area contributed by atoms with E-state index in [1.807, 2.05) is 13.8 Å². The van der Waals surface area contributed by atoms with Gasteiger partial charge in [0.15, 0.2) is 17.5 Å². The number of hydrogen-bond donors (Lipinski definition) is 2. The quantitative estimate of drug-likeness (QED) is 0.618. The van der Waals surface area contributed by atoms with Crippen molar-refractivity contribution in [1.29, 1.82) is 0 Å². The van der Waals surface area contributed by atoms with Crippen molar-refractivity contribution in [2.45, 2.75) is 32.7 Å². The van der Waals surface area contributed by atoms with Crippen molar-refractivity contribution >= 4 is 11.6 Å². The summed E-state index contributed by atoms with van der Waals surface area (Å²) in [4.78, 5) is 11.5. The lowest BCUT2D eigenvalue weighted by Gasteiger charge is -2.09. The zero-order chi connectivity index (χ0) is 14.4. The Morgan fingerprint density at radius 2 is 1.89 bits per heavy atom. The van der Waals surface area contributed by atoms with Gasteiger partial charge in [-0.15, -0.1) is 0 Å². The van der Waals surface area contributed by atoms with Crippen LogP contribution in [-0.2, 0) is 4.79 Å². The van der Waals surface area contributed by atoms with Gasteiger partial charge in [-0.25, -0.2) is 13.2 Å². The van der Waals surface area contributed by atoms with E-state index in [2.05, 4.69) is 10.6 Å². The lowest BCUT2D eigenvalue weighted by atomic mass is 10.2. The molecule has 0 aromatic heterocycles.